The molecule has 0 aromatic rings. The smallest absolute Gasteiger partial charge is 0.324 e. The summed E-state index contributed by atoms with van der Waals surface area (Å²) in [4.78, 5) is 24.1. The third-order valence-electron chi connectivity index (χ3n) is 2.24. The first-order valence-electron chi connectivity index (χ1n) is 5.10. The van der Waals surface area contributed by atoms with Crippen LogP contribution in [0.15, 0.2) is 0 Å². The lowest BCUT2D eigenvalue weighted by molar-refractivity contribution is -0.128. The van der Waals surface area contributed by atoms with E-state index in [-0.39, 0.29) is 18.0 Å². The molecule has 3 N–H and O–H groups in total. The first kappa shape index (κ1) is 11.9. The van der Waals surface area contributed by atoms with Crippen molar-refractivity contribution in [1.82, 2.24) is 10.2 Å². The van der Waals surface area contributed by atoms with Crippen LogP contribution in [-0.4, -0.2) is 49.2 Å². The van der Waals surface area contributed by atoms with E-state index in [1.54, 1.807) is 0 Å². The van der Waals surface area contributed by atoms with Gasteiger partial charge in [-0.2, -0.15) is 0 Å². The Balaban J connectivity index is 2.34. The van der Waals surface area contributed by atoms with Crippen LogP contribution in [-0.2, 0) is 9.53 Å². The number of carbonyl (C=O) groups excluding carboxylic acids is 2. The molecule has 0 saturated carbocycles. The summed E-state index contributed by atoms with van der Waals surface area (Å²) in [5.74, 6) is -0.168. The minimum absolute atomic E-state index is 0.168. The van der Waals surface area contributed by atoms with E-state index in [1.165, 1.54) is 4.90 Å². The Morgan fingerprint density at radius 2 is 2.20 bits per heavy atom. The summed E-state index contributed by atoms with van der Waals surface area (Å²) in [6, 6.07) is -0.699. The van der Waals surface area contributed by atoms with E-state index in [0.717, 1.165) is 0 Å². The molecule has 0 aromatic carbocycles. The largest absolute Gasteiger partial charge is 0.378 e. The van der Waals surface area contributed by atoms with Gasteiger partial charge >= 0.3 is 6.03 Å². The molecule has 0 radical (unpaired) electrons. The maximum Gasteiger partial charge on any atom is 0.324 e. The van der Waals surface area contributed by atoms with Gasteiger partial charge in [-0.25, -0.2) is 4.79 Å². The summed E-state index contributed by atoms with van der Waals surface area (Å²) < 4.78 is 5.11. The lowest BCUT2D eigenvalue weighted by Gasteiger charge is -2.12. The topological polar surface area (TPSA) is 84.7 Å². The van der Waals surface area contributed by atoms with Gasteiger partial charge in [0.1, 0.15) is 6.04 Å². The van der Waals surface area contributed by atoms with Crippen LogP contribution >= 0.6 is 0 Å². The fraction of sp³-hybridized carbons (Fsp3) is 0.778. The zero-order chi connectivity index (χ0) is 11.3. The van der Waals surface area contributed by atoms with Crippen LogP contribution in [0.1, 0.15) is 13.3 Å². The van der Waals surface area contributed by atoms with Crippen LogP contribution < -0.4 is 11.1 Å². The molecule has 0 aromatic heterocycles. The number of rotatable bonds is 6. The normalized spacial score (nSPS) is 20.9. The quantitative estimate of drug-likeness (QED) is 0.453. The van der Waals surface area contributed by atoms with Crippen molar-refractivity contribution in [2.45, 2.75) is 19.4 Å². The van der Waals surface area contributed by atoms with E-state index in [0.29, 0.717) is 32.7 Å². The number of imide groups is 1. The standard InChI is InChI=1S/C9H17N3O3/c1-2-7-8(13)12(9(14)11-7)4-6-15-5-3-10/h7H,2-6,10H2,1H3,(H,11,14). The highest BCUT2D eigenvalue weighted by atomic mass is 16.5. The second-order valence-electron chi connectivity index (χ2n) is 3.30. The predicted octanol–water partition coefficient (Wildman–Crippen LogP) is -0.708. The Hall–Kier alpha value is -1.14. The van der Waals surface area contributed by atoms with Crippen molar-refractivity contribution in [3.63, 3.8) is 0 Å². The molecular formula is C9H17N3O3. The zero-order valence-corrected chi connectivity index (χ0v) is 8.86. The zero-order valence-electron chi connectivity index (χ0n) is 8.86. The second kappa shape index (κ2) is 5.67. The number of ether oxygens (including phenoxy) is 1. The summed E-state index contributed by atoms with van der Waals surface area (Å²) in [6.07, 6.45) is 0.616. The Labute approximate surface area is 88.7 Å². The van der Waals surface area contributed by atoms with E-state index >= 15 is 0 Å². The van der Waals surface area contributed by atoms with Crippen molar-refractivity contribution >= 4 is 11.9 Å². The Kier molecular flexibility index (Phi) is 4.51. The molecule has 6 nitrogen and oxygen atoms in total. The molecule has 1 fully saturated rings. The van der Waals surface area contributed by atoms with Crippen molar-refractivity contribution in [1.29, 1.82) is 0 Å². The van der Waals surface area contributed by atoms with E-state index in [4.69, 9.17) is 10.5 Å². The van der Waals surface area contributed by atoms with Gasteiger partial charge in [-0.15, -0.1) is 0 Å². The Morgan fingerprint density at radius 3 is 2.73 bits per heavy atom. The molecule has 0 spiro atoms. The van der Waals surface area contributed by atoms with Gasteiger partial charge in [0.05, 0.1) is 19.8 Å². The maximum atomic E-state index is 11.6. The molecule has 1 heterocycles. The number of urea groups is 1. The summed E-state index contributed by atoms with van der Waals surface area (Å²) >= 11 is 0. The van der Waals surface area contributed by atoms with Crippen molar-refractivity contribution in [3.05, 3.63) is 0 Å². The van der Waals surface area contributed by atoms with Gasteiger partial charge in [0.15, 0.2) is 0 Å². The van der Waals surface area contributed by atoms with Gasteiger partial charge in [-0.05, 0) is 6.42 Å². The minimum atomic E-state index is -0.369. The van der Waals surface area contributed by atoms with E-state index < -0.39 is 0 Å². The molecule has 86 valence electrons. The fourth-order valence-electron chi connectivity index (χ4n) is 1.41. The molecule has 1 unspecified atom stereocenters. The van der Waals surface area contributed by atoms with Crippen molar-refractivity contribution in [3.8, 4) is 0 Å². The third kappa shape index (κ3) is 2.90. The first-order chi connectivity index (χ1) is 7.20. The number of nitrogens with one attached hydrogen (secondary N) is 1. The van der Waals surface area contributed by atoms with Crippen LogP contribution in [0.5, 0.6) is 0 Å². The minimum Gasteiger partial charge on any atom is -0.378 e. The van der Waals surface area contributed by atoms with Crippen LogP contribution in [0, 0.1) is 0 Å². The summed E-state index contributed by atoms with van der Waals surface area (Å²) in [7, 11) is 0. The van der Waals surface area contributed by atoms with Crippen LogP contribution in [0.2, 0.25) is 0 Å². The van der Waals surface area contributed by atoms with E-state index in [9.17, 15) is 9.59 Å². The molecule has 1 saturated heterocycles. The summed E-state index contributed by atoms with van der Waals surface area (Å²) in [6.45, 7) is 3.38. The molecule has 15 heavy (non-hydrogen) atoms. The molecule has 6 heteroatoms. The summed E-state index contributed by atoms with van der Waals surface area (Å²) in [5, 5.41) is 2.60. The van der Waals surface area contributed by atoms with E-state index in [1.807, 2.05) is 6.92 Å². The summed E-state index contributed by atoms with van der Waals surface area (Å²) in [5.41, 5.74) is 5.24. The van der Waals surface area contributed by atoms with Crippen molar-refractivity contribution in [2.24, 2.45) is 5.73 Å². The number of hydrogen-bond acceptors (Lipinski definition) is 4. The molecular weight excluding hydrogens is 198 g/mol. The second-order valence-corrected chi connectivity index (χ2v) is 3.30. The number of hydrogen-bond donors (Lipinski definition) is 2. The van der Waals surface area contributed by atoms with Gasteiger partial charge < -0.3 is 15.8 Å². The Morgan fingerprint density at radius 1 is 1.47 bits per heavy atom. The van der Waals surface area contributed by atoms with Crippen LogP contribution in [0.3, 0.4) is 0 Å². The lowest BCUT2D eigenvalue weighted by Crippen LogP contribution is -2.34. The van der Waals surface area contributed by atoms with Gasteiger partial charge in [-0.3, -0.25) is 9.69 Å². The first-order valence-corrected chi connectivity index (χ1v) is 5.10. The highest BCUT2D eigenvalue weighted by molar-refractivity contribution is 6.04. The molecule has 1 aliphatic rings. The van der Waals surface area contributed by atoms with Gasteiger partial charge in [-0.1, -0.05) is 6.92 Å². The van der Waals surface area contributed by atoms with Crippen LogP contribution in [0.4, 0.5) is 4.79 Å². The average Bonchev–Trinajstić information content (AvgIpc) is 2.50. The SMILES string of the molecule is CCC1NC(=O)N(CCOCCN)C1=O. The highest BCUT2D eigenvalue weighted by Gasteiger charge is 2.36. The molecule has 1 atom stereocenters. The lowest BCUT2D eigenvalue weighted by atomic mass is 10.2. The van der Waals surface area contributed by atoms with Crippen molar-refractivity contribution in [2.75, 3.05) is 26.3 Å². The Bertz CT molecular complexity index is 245. The maximum absolute atomic E-state index is 11.6. The van der Waals surface area contributed by atoms with Gasteiger partial charge in [0.2, 0.25) is 0 Å². The predicted molar refractivity (Wildman–Crippen MR) is 54.2 cm³/mol. The van der Waals surface area contributed by atoms with Gasteiger partial charge in [0, 0.05) is 6.54 Å². The fourth-order valence-corrected chi connectivity index (χ4v) is 1.41. The average molecular weight is 215 g/mol. The molecule has 1 rings (SSSR count). The number of carbonyl (C=O) groups is 2. The molecule has 1 aliphatic heterocycles. The molecule has 3 amide bonds. The van der Waals surface area contributed by atoms with Gasteiger partial charge in [0.25, 0.3) is 5.91 Å². The van der Waals surface area contributed by atoms with Crippen molar-refractivity contribution < 1.29 is 14.3 Å². The molecule has 0 aliphatic carbocycles. The number of nitrogens with two attached hydrogens (primary N) is 1. The third-order valence-corrected chi connectivity index (χ3v) is 2.24. The number of nitrogens with zero attached hydrogens (tertiary/aromatic N) is 1. The monoisotopic (exact) mass is 215 g/mol. The van der Waals surface area contributed by atoms with E-state index in [2.05, 4.69) is 5.32 Å². The van der Waals surface area contributed by atoms with Crippen LogP contribution in [0.25, 0.3) is 0 Å². The number of amides is 3. The highest BCUT2D eigenvalue weighted by Crippen LogP contribution is 2.08. The molecule has 0 bridgehead atoms.